The molecule has 4 rings (SSSR count). The lowest BCUT2D eigenvalue weighted by molar-refractivity contribution is -0.115. The summed E-state index contributed by atoms with van der Waals surface area (Å²) in [6.07, 6.45) is 2.66. The second kappa shape index (κ2) is 12.3. The molecule has 0 atom stereocenters. The number of anilines is 1. The van der Waals surface area contributed by atoms with E-state index < -0.39 is 11.8 Å². The summed E-state index contributed by atoms with van der Waals surface area (Å²) in [6, 6.07) is 15.5. The molecule has 1 N–H and O–H groups in total. The van der Waals surface area contributed by atoms with Gasteiger partial charge in [-0.2, -0.15) is 0 Å². The number of hydrogen-bond acceptors (Lipinski definition) is 5. The maximum atomic E-state index is 14.0. The number of esters is 1. The van der Waals surface area contributed by atoms with Crippen LogP contribution in [0.3, 0.4) is 0 Å². The van der Waals surface area contributed by atoms with E-state index in [1.54, 1.807) is 43.0 Å². The summed E-state index contributed by atoms with van der Waals surface area (Å²) < 4.78 is 19.9. The van der Waals surface area contributed by atoms with E-state index in [0.717, 1.165) is 18.4 Å². The molecule has 1 aromatic heterocycles. The SMILES string of the molecule is CC(C)OC(=O)c1ncccc1C(=O)N1CCC(c2ccc(NC(=O)Cc3ccc(Br)cc3F)cc2)CC1. The zero-order chi connectivity index (χ0) is 27.2. The highest BCUT2D eigenvalue weighted by atomic mass is 79.9. The van der Waals surface area contributed by atoms with Crippen LogP contribution in [0.25, 0.3) is 0 Å². The highest BCUT2D eigenvalue weighted by Gasteiger charge is 2.28. The first-order valence-electron chi connectivity index (χ1n) is 12.5. The molecule has 0 spiro atoms. The second-order valence-corrected chi connectivity index (χ2v) is 10.4. The summed E-state index contributed by atoms with van der Waals surface area (Å²) >= 11 is 3.21. The number of pyridine rings is 1. The van der Waals surface area contributed by atoms with Crippen molar-refractivity contribution in [1.29, 1.82) is 0 Å². The van der Waals surface area contributed by atoms with E-state index >= 15 is 0 Å². The number of likely N-dealkylation sites (tertiary alicyclic amines) is 1. The number of benzene rings is 2. The summed E-state index contributed by atoms with van der Waals surface area (Å²) in [6.45, 7) is 4.60. The van der Waals surface area contributed by atoms with Crippen molar-refractivity contribution in [3.8, 4) is 0 Å². The fourth-order valence-corrected chi connectivity index (χ4v) is 4.81. The van der Waals surface area contributed by atoms with Crippen molar-refractivity contribution in [1.82, 2.24) is 9.88 Å². The molecule has 0 saturated carbocycles. The molecule has 0 bridgehead atoms. The molecule has 2 amide bonds. The normalized spacial score (nSPS) is 13.9. The first kappa shape index (κ1) is 27.4. The molecule has 198 valence electrons. The van der Waals surface area contributed by atoms with Gasteiger partial charge < -0.3 is 15.0 Å². The molecule has 9 heteroatoms. The number of halogens is 2. The fourth-order valence-electron chi connectivity index (χ4n) is 4.48. The van der Waals surface area contributed by atoms with Crippen LogP contribution >= 0.6 is 15.9 Å². The van der Waals surface area contributed by atoms with Gasteiger partial charge in [0.1, 0.15) is 5.82 Å². The zero-order valence-electron chi connectivity index (χ0n) is 21.2. The van der Waals surface area contributed by atoms with Crippen LogP contribution in [0.5, 0.6) is 0 Å². The van der Waals surface area contributed by atoms with E-state index in [-0.39, 0.29) is 41.5 Å². The van der Waals surface area contributed by atoms with Crippen molar-refractivity contribution >= 4 is 39.4 Å². The summed E-state index contributed by atoms with van der Waals surface area (Å²) in [5.74, 6) is -1.29. The van der Waals surface area contributed by atoms with Crippen molar-refractivity contribution in [3.05, 3.63) is 93.5 Å². The van der Waals surface area contributed by atoms with Gasteiger partial charge in [0.15, 0.2) is 5.69 Å². The molecule has 0 unspecified atom stereocenters. The quantitative estimate of drug-likeness (QED) is 0.359. The minimum atomic E-state index is -0.604. The molecule has 38 heavy (non-hydrogen) atoms. The topological polar surface area (TPSA) is 88.6 Å². The summed E-state index contributed by atoms with van der Waals surface area (Å²) in [4.78, 5) is 43.8. The number of nitrogens with one attached hydrogen (secondary N) is 1. The standard InChI is InChI=1S/C29H29BrFN3O4/c1-18(2)38-29(37)27-24(4-3-13-32-27)28(36)34-14-11-20(12-15-34)19-6-9-23(10-7-19)33-26(35)16-21-5-8-22(30)17-25(21)31/h3-10,13,17-18,20H,11-12,14-16H2,1-2H3,(H,33,35). The van der Waals surface area contributed by atoms with Gasteiger partial charge in [0.05, 0.1) is 18.1 Å². The van der Waals surface area contributed by atoms with Crippen molar-refractivity contribution in [2.75, 3.05) is 18.4 Å². The predicted octanol–water partition coefficient (Wildman–Crippen LogP) is 5.75. The van der Waals surface area contributed by atoms with Gasteiger partial charge >= 0.3 is 5.97 Å². The van der Waals surface area contributed by atoms with Crippen molar-refractivity contribution in [3.63, 3.8) is 0 Å². The maximum Gasteiger partial charge on any atom is 0.358 e. The Hall–Kier alpha value is -3.59. The largest absolute Gasteiger partial charge is 0.458 e. The Balaban J connectivity index is 1.32. The van der Waals surface area contributed by atoms with E-state index in [1.165, 1.54) is 12.3 Å². The first-order valence-corrected chi connectivity index (χ1v) is 13.3. The number of hydrogen-bond donors (Lipinski definition) is 1. The highest BCUT2D eigenvalue weighted by molar-refractivity contribution is 9.10. The third-order valence-electron chi connectivity index (χ3n) is 6.39. The fraction of sp³-hybridized carbons (Fsp3) is 0.310. The molecule has 0 radical (unpaired) electrons. The number of amides is 2. The molecule has 2 aromatic carbocycles. The Morgan fingerprint density at radius 2 is 1.82 bits per heavy atom. The number of carbonyl (C=O) groups is 3. The zero-order valence-corrected chi connectivity index (χ0v) is 22.8. The van der Waals surface area contributed by atoms with Gasteiger partial charge in [-0.15, -0.1) is 0 Å². The summed E-state index contributed by atoms with van der Waals surface area (Å²) in [7, 11) is 0. The van der Waals surface area contributed by atoms with Gasteiger partial charge in [-0.3, -0.25) is 9.59 Å². The number of nitrogens with zero attached hydrogens (tertiary/aromatic N) is 2. The van der Waals surface area contributed by atoms with Crippen LogP contribution in [0.15, 0.2) is 65.3 Å². The van der Waals surface area contributed by atoms with Crippen molar-refractivity contribution in [2.24, 2.45) is 0 Å². The predicted molar refractivity (Wildman–Crippen MR) is 146 cm³/mol. The molecule has 7 nitrogen and oxygen atoms in total. The van der Waals surface area contributed by atoms with E-state index in [0.29, 0.717) is 28.8 Å². The van der Waals surface area contributed by atoms with Crippen LogP contribution in [0, 0.1) is 5.82 Å². The lowest BCUT2D eigenvalue weighted by Crippen LogP contribution is -2.38. The van der Waals surface area contributed by atoms with Gasteiger partial charge in [0, 0.05) is 29.4 Å². The van der Waals surface area contributed by atoms with Crippen LogP contribution in [0.2, 0.25) is 0 Å². The number of ether oxygens (including phenoxy) is 1. The van der Waals surface area contributed by atoms with Crippen molar-refractivity contribution < 1.29 is 23.5 Å². The van der Waals surface area contributed by atoms with Crippen LogP contribution in [0.1, 0.15) is 64.6 Å². The van der Waals surface area contributed by atoms with Gasteiger partial charge in [0.25, 0.3) is 5.91 Å². The van der Waals surface area contributed by atoms with Crippen molar-refractivity contribution in [2.45, 2.75) is 45.1 Å². The summed E-state index contributed by atoms with van der Waals surface area (Å²) in [5, 5.41) is 2.81. The molecule has 1 aliphatic rings. The molecule has 3 aromatic rings. The minimum absolute atomic E-state index is 0.0360. The summed E-state index contributed by atoms with van der Waals surface area (Å²) in [5.41, 5.74) is 2.38. The Kier molecular flexibility index (Phi) is 8.89. The Morgan fingerprint density at radius 1 is 1.11 bits per heavy atom. The molecular weight excluding hydrogens is 553 g/mol. The lowest BCUT2D eigenvalue weighted by atomic mass is 9.89. The van der Waals surface area contributed by atoms with Gasteiger partial charge in [-0.1, -0.05) is 34.1 Å². The van der Waals surface area contributed by atoms with Crippen LogP contribution in [-0.2, 0) is 16.0 Å². The molecule has 0 aliphatic carbocycles. The van der Waals surface area contributed by atoms with E-state index in [1.807, 2.05) is 24.3 Å². The molecular formula is C29H29BrFN3O4. The van der Waals surface area contributed by atoms with Gasteiger partial charge in [0.2, 0.25) is 5.91 Å². The van der Waals surface area contributed by atoms with Crippen LogP contribution in [0.4, 0.5) is 10.1 Å². The van der Waals surface area contributed by atoms with E-state index in [2.05, 4.69) is 26.2 Å². The van der Waals surface area contributed by atoms with Crippen LogP contribution < -0.4 is 5.32 Å². The maximum absolute atomic E-state index is 14.0. The number of rotatable bonds is 7. The highest BCUT2D eigenvalue weighted by Crippen LogP contribution is 2.30. The number of carbonyl (C=O) groups excluding carboxylic acids is 3. The van der Waals surface area contributed by atoms with E-state index in [9.17, 15) is 18.8 Å². The molecule has 1 aliphatic heterocycles. The Morgan fingerprint density at radius 3 is 2.47 bits per heavy atom. The van der Waals surface area contributed by atoms with Gasteiger partial charge in [-0.05, 0) is 80.1 Å². The Bertz CT molecular complexity index is 1320. The third-order valence-corrected chi connectivity index (χ3v) is 6.88. The number of piperidine rings is 1. The number of aromatic nitrogens is 1. The average molecular weight is 582 g/mol. The van der Waals surface area contributed by atoms with Gasteiger partial charge in [-0.25, -0.2) is 14.2 Å². The minimum Gasteiger partial charge on any atom is -0.458 e. The smallest absolute Gasteiger partial charge is 0.358 e. The Labute approximate surface area is 229 Å². The molecule has 1 fully saturated rings. The van der Waals surface area contributed by atoms with E-state index in [4.69, 9.17) is 4.74 Å². The molecule has 2 heterocycles. The lowest BCUT2D eigenvalue weighted by Gasteiger charge is -2.32. The third kappa shape index (κ3) is 6.83. The first-order chi connectivity index (χ1) is 18.2. The average Bonchev–Trinajstić information content (AvgIpc) is 2.90. The van der Waals surface area contributed by atoms with Crippen LogP contribution in [-0.4, -0.2) is 46.9 Å². The molecule has 1 saturated heterocycles. The second-order valence-electron chi connectivity index (χ2n) is 9.50. The monoisotopic (exact) mass is 581 g/mol.